The van der Waals surface area contributed by atoms with Crippen LogP contribution in [0.25, 0.3) is 0 Å². The number of carbonyl (C=O) groups is 2. The van der Waals surface area contributed by atoms with E-state index < -0.39 is 0 Å². The van der Waals surface area contributed by atoms with Gasteiger partial charge in [0.1, 0.15) is 5.75 Å². The lowest BCUT2D eigenvalue weighted by Crippen LogP contribution is -2.37. The number of hydrogen-bond acceptors (Lipinski definition) is 5. The molecule has 1 rings (SSSR count). The fraction of sp³-hybridized carbons (Fsp3) is 0.579. The molecule has 0 saturated carbocycles. The number of methoxy groups -OCH3 is 1. The van der Waals surface area contributed by atoms with Gasteiger partial charge in [0.2, 0.25) is 0 Å². The van der Waals surface area contributed by atoms with E-state index in [0.717, 1.165) is 12.0 Å². The van der Waals surface area contributed by atoms with Crippen LogP contribution in [0.1, 0.15) is 32.3 Å². The average molecular weight is 351 g/mol. The largest absolute Gasteiger partial charge is 0.484 e. The Hall–Kier alpha value is -2.08. The smallest absolute Gasteiger partial charge is 0.307 e. The Morgan fingerprint density at radius 2 is 1.96 bits per heavy atom. The SMILES string of the molecule is CCOCCCN(CCC(=O)OC)C(=O)COc1cccc(CC)c1. The zero-order chi connectivity index (χ0) is 18.5. The Balaban J connectivity index is 2.55. The third-order valence-electron chi connectivity index (χ3n) is 3.76. The highest BCUT2D eigenvalue weighted by Crippen LogP contribution is 2.14. The molecule has 0 heterocycles. The second kappa shape index (κ2) is 12.3. The van der Waals surface area contributed by atoms with E-state index in [4.69, 9.17) is 9.47 Å². The quantitative estimate of drug-likeness (QED) is 0.427. The first kappa shape index (κ1) is 21.0. The van der Waals surface area contributed by atoms with Gasteiger partial charge in [-0.1, -0.05) is 19.1 Å². The Kier molecular flexibility index (Phi) is 10.3. The maximum Gasteiger partial charge on any atom is 0.307 e. The lowest BCUT2D eigenvalue weighted by Gasteiger charge is -2.22. The molecule has 0 N–H and O–H groups in total. The number of aryl methyl sites for hydroxylation is 1. The van der Waals surface area contributed by atoms with E-state index in [1.165, 1.54) is 7.11 Å². The highest BCUT2D eigenvalue weighted by Gasteiger charge is 2.16. The number of esters is 1. The minimum atomic E-state index is -0.334. The summed E-state index contributed by atoms with van der Waals surface area (Å²) in [5.41, 5.74) is 1.16. The molecule has 0 aromatic heterocycles. The van der Waals surface area contributed by atoms with Crippen LogP contribution in [-0.4, -0.2) is 56.8 Å². The standard InChI is InChI=1S/C19H29NO5/c1-4-16-8-6-9-17(14-16)25-15-18(21)20(11-7-13-24-5-2)12-10-19(22)23-3/h6,8-9,14H,4-5,7,10-13,15H2,1-3H3. The first-order valence-electron chi connectivity index (χ1n) is 8.74. The van der Waals surface area contributed by atoms with Crippen LogP contribution < -0.4 is 4.74 Å². The van der Waals surface area contributed by atoms with Crippen LogP contribution in [0.2, 0.25) is 0 Å². The third-order valence-corrected chi connectivity index (χ3v) is 3.76. The number of benzene rings is 1. The number of hydrogen-bond donors (Lipinski definition) is 0. The molecule has 6 nitrogen and oxygen atoms in total. The summed E-state index contributed by atoms with van der Waals surface area (Å²) in [4.78, 5) is 25.4. The summed E-state index contributed by atoms with van der Waals surface area (Å²) in [6.07, 6.45) is 1.79. The zero-order valence-corrected chi connectivity index (χ0v) is 15.5. The van der Waals surface area contributed by atoms with Crippen LogP contribution in [0.4, 0.5) is 0 Å². The first-order valence-corrected chi connectivity index (χ1v) is 8.74. The zero-order valence-electron chi connectivity index (χ0n) is 15.5. The molecule has 0 aliphatic rings. The van der Waals surface area contributed by atoms with Gasteiger partial charge in [-0.25, -0.2) is 0 Å². The van der Waals surface area contributed by atoms with E-state index in [2.05, 4.69) is 11.7 Å². The Bertz CT molecular complexity index is 532. The van der Waals surface area contributed by atoms with Crippen LogP contribution in [0.3, 0.4) is 0 Å². The first-order chi connectivity index (χ1) is 12.1. The molecule has 140 valence electrons. The van der Waals surface area contributed by atoms with E-state index in [1.54, 1.807) is 4.90 Å². The van der Waals surface area contributed by atoms with E-state index in [1.807, 2.05) is 31.2 Å². The second-order valence-corrected chi connectivity index (χ2v) is 5.55. The molecular formula is C19H29NO5. The van der Waals surface area contributed by atoms with Crippen molar-refractivity contribution in [2.75, 3.05) is 40.0 Å². The molecule has 25 heavy (non-hydrogen) atoms. The van der Waals surface area contributed by atoms with Crippen molar-refractivity contribution in [3.05, 3.63) is 29.8 Å². The highest BCUT2D eigenvalue weighted by atomic mass is 16.5. The van der Waals surface area contributed by atoms with Crippen molar-refractivity contribution in [1.82, 2.24) is 4.90 Å². The van der Waals surface area contributed by atoms with Gasteiger partial charge >= 0.3 is 5.97 Å². The fourth-order valence-corrected chi connectivity index (χ4v) is 2.28. The van der Waals surface area contributed by atoms with Crippen LogP contribution in [0.15, 0.2) is 24.3 Å². The summed E-state index contributed by atoms with van der Waals surface area (Å²) in [7, 11) is 1.34. The molecule has 0 saturated heterocycles. The number of ether oxygens (including phenoxy) is 3. The summed E-state index contributed by atoms with van der Waals surface area (Å²) in [6, 6.07) is 7.70. The van der Waals surface area contributed by atoms with Gasteiger partial charge in [-0.15, -0.1) is 0 Å². The van der Waals surface area contributed by atoms with Crippen LogP contribution in [-0.2, 0) is 25.5 Å². The van der Waals surface area contributed by atoms with Crippen molar-refractivity contribution in [1.29, 1.82) is 0 Å². The molecule has 0 spiro atoms. The molecule has 6 heteroatoms. The van der Waals surface area contributed by atoms with Crippen LogP contribution >= 0.6 is 0 Å². The molecule has 0 fully saturated rings. The Morgan fingerprint density at radius 1 is 1.16 bits per heavy atom. The fourth-order valence-electron chi connectivity index (χ4n) is 2.28. The van der Waals surface area contributed by atoms with Gasteiger partial charge in [0, 0.05) is 26.3 Å². The highest BCUT2D eigenvalue weighted by molar-refractivity contribution is 5.78. The lowest BCUT2D eigenvalue weighted by atomic mass is 10.2. The van der Waals surface area contributed by atoms with Gasteiger partial charge in [0.25, 0.3) is 5.91 Å². The predicted octanol–water partition coefficient (Wildman–Crippen LogP) is 2.45. The Morgan fingerprint density at radius 3 is 2.64 bits per heavy atom. The minimum Gasteiger partial charge on any atom is -0.484 e. The molecule has 1 aromatic rings. The van der Waals surface area contributed by atoms with E-state index in [9.17, 15) is 9.59 Å². The predicted molar refractivity (Wildman–Crippen MR) is 95.6 cm³/mol. The van der Waals surface area contributed by atoms with Crippen molar-refractivity contribution in [2.45, 2.75) is 33.1 Å². The molecule has 0 aliphatic heterocycles. The second-order valence-electron chi connectivity index (χ2n) is 5.55. The summed E-state index contributed by atoms with van der Waals surface area (Å²) >= 11 is 0. The van der Waals surface area contributed by atoms with Crippen molar-refractivity contribution in [3.8, 4) is 5.75 Å². The Labute approximate surface area is 150 Å². The molecule has 1 amide bonds. The average Bonchev–Trinajstić information content (AvgIpc) is 2.65. The van der Waals surface area contributed by atoms with Crippen LogP contribution in [0, 0.1) is 0 Å². The minimum absolute atomic E-state index is 0.0526. The van der Waals surface area contributed by atoms with E-state index in [0.29, 0.717) is 38.5 Å². The van der Waals surface area contributed by atoms with Crippen molar-refractivity contribution in [3.63, 3.8) is 0 Å². The van der Waals surface area contributed by atoms with Crippen molar-refractivity contribution >= 4 is 11.9 Å². The number of carbonyl (C=O) groups excluding carboxylic acids is 2. The monoisotopic (exact) mass is 351 g/mol. The topological polar surface area (TPSA) is 65.1 Å². The van der Waals surface area contributed by atoms with Gasteiger partial charge < -0.3 is 19.1 Å². The molecular weight excluding hydrogens is 322 g/mol. The van der Waals surface area contributed by atoms with E-state index >= 15 is 0 Å². The number of rotatable bonds is 12. The van der Waals surface area contributed by atoms with Gasteiger partial charge in [-0.3, -0.25) is 9.59 Å². The van der Waals surface area contributed by atoms with Crippen LogP contribution in [0.5, 0.6) is 5.75 Å². The molecule has 0 aliphatic carbocycles. The number of nitrogens with zero attached hydrogens (tertiary/aromatic N) is 1. The van der Waals surface area contributed by atoms with Gasteiger partial charge in [0.15, 0.2) is 6.61 Å². The van der Waals surface area contributed by atoms with Crippen molar-refractivity contribution < 1.29 is 23.8 Å². The molecule has 0 atom stereocenters. The van der Waals surface area contributed by atoms with Gasteiger partial charge in [0.05, 0.1) is 13.5 Å². The summed E-state index contributed by atoms with van der Waals surface area (Å²) in [5, 5.41) is 0. The van der Waals surface area contributed by atoms with Crippen molar-refractivity contribution in [2.24, 2.45) is 0 Å². The third kappa shape index (κ3) is 8.54. The summed E-state index contributed by atoms with van der Waals surface area (Å²) < 4.78 is 15.6. The molecule has 0 bridgehead atoms. The lowest BCUT2D eigenvalue weighted by molar-refractivity contribution is -0.142. The van der Waals surface area contributed by atoms with E-state index in [-0.39, 0.29) is 24.9 Å². The van der Waals surface area contributed by atoms with Gasteiger partial charge in [-0.2, -0.15) is 0 Å². The number of amides is 1. The van der Waals surface area contributed by atoms with Gasteiger partial charge in [-0.05, 0) is 37.5 Å². The normalized spacial score (nSPS) is 10.4. The molecule has 1 aromatic carbocycles. The summed E-state index contributed by atoms with van der Waals surface area (Å²) in [5.74, 6) is 0.191. The molecule has 0 unspecified atom stereocenters. The molecule has 0 radical (unpaired) electrons. The maximum absolute atomic E-state index is 12.4. The summed E-state index contributed by atoms with van der Waals surface area (Å²) in [6.45, 7) is 6.01. The maximum atomic E-state index is 12.4.